The molecule has 1 aromatic carbocycles. The minimum atomic E-state index is 0.321. The van der Waals surface area contributed by atoms with Gasteiger partial charge in [-0.3, -0.25) is 0 Å². The van der Waals surface area contributed by atoms with Gasteiger partial charge < -0.3 is 10.1 Å². The molecule has 0 amide bonds. The van der Waals surface area contributed by atoms with E-state index in [1.165, 1.54) is 43.2 Å². The van der Waals surface area contributed by atoms with Gasteiger partial charge in [0.2, 0.25) is 0 Å². The van der Waals surface area contributed by atoms with Crippen LogP contribution in [0.4, 0.5) is 0 Å². The van der Waals surface area contributed by atoms with Crippen molar-refractivity contribution in [3.8, 4) is 0 Å². The van der Waals surface area contributed by atoms with Crippen LogP contribution in [0.1, 0.15) is 49.8 Å². The van der Waals surface area contributed by atoms with Gasteiger partial charge in [-0.25, -0.2) is 0 Å². The van der Waals surface area contributed by atoms with Gasteiger partial charge in [-0.05, 0) is 43.9 Å². The first-order valence-corrected chi connectivity index (χ1v) is 7.21. The maximum Gasteiger partial charge on any atom is 0.0665 e. The van der Waals surface area contributed by atoms with Gasteiger partial charge in [0.15, 0.2) is 0 Å². The lowest BCUT2D eigenvalue weighted by Gasteiger charge is -2.28. The molecule has 0 bridgehead atoms. The highest BCUT2D eigenvalue weighted by molar-refractivity contribution is 5.25. The Labute approximate surface area is 111 Å². The number of nitrogens with one attached hydrogen (secondary N) is 1. The van der Waals surface area contributed by atoms with Crippen molar-refractivity contribution in [3.63, 3.8) is 0 Å². The second kappa shape index (κ2) is 6.91. The van der Waals surface area contributed by atoms with Crippen LogP contribution in [0.25, 0.3) is 0 Å². The Morgan fingerprint density at radius 1 is 1.28 bits per heavy atom. The van der Waals surface area contributed by atoms with Crippen LogP contribution in [0.2, 0.25) is 0 Å². The smallest absolute Gasteiger partial charge is 0.0665 e. The number of hydrogen-bond acceptors (Lipinski definition) is 2. The number of ether oxygens (including phenoxy) is 1. The molecule has 1 atom stereocenters. The highest BCUT2D eigenvalue weighted by Crippen LogP contribution is 2.24. The van der Waals surface area contributed by atoms with Gasteiger partial charge >= 0.3 is 0 Å². The van der Waals surface area contributed by atoms with Crippen molar-refractivity contribution in [2.45, 2.75) is 51.2 Å². The molecule has 1 unspecified atom stereocenters. The molecule has 0 aromatic heterocycles. The van der Waals surface area contributed by atoms with Crippen LogP contribution in [0.5, 0.6) is 0 Å². The molecule has 1 aliphatic rings. The molecule has 1 fully saturated rings. The molecule has 1 N–H and O–H groups in total. The second-order valence-corrected chi connectivity index (χ2v) is 5.22. The number of rotatable bonds is 7. The van der Waals surface area contributed by atoms with Gasteiger partial charge in [0, 0.05) is 0 Å². The minimum absolute atomic E-state index is 0.321. The van der Waals surface area contributed by atoms with E-state index < -0.39 is 0 Å². The molecule has 18 heavy (non-hydrogen) atoms. The zero-order valence-corrected chi connectivity index (χ0v) is 11.6. The Hall–Kier alpha value is -0.860. The fraction of sp³-hybridized carbons (Fsp3) is 0.625. The predicted octanol–water partition coefficient (Wildman–Crippen LogP) is 3.47. The third-order valence-electron chi connectivity index (χ3n) is 3.82. The Morgan fingerprint density at radius 3 is 2.50 bits per heavy atom. The van der Waals surface area contributed by atoms with E-state index in [4.69, 9.17) is 4.74 Å². The molecule has 0 saturated heterocycles. The fourth-order valence-corrected chi connectivity index (χ4v) is 2.32. The normalized spacial score (nSPS) is 17.4. The third-order valence-corrected chi connectivity index (χ3v) is 3.82. The maximum atomic E-state index is 5.90. The fourth-order valence-electron chi connectivity index (χ4n) is 2.32. The average molecular weight is 247 g/mol. The molecule has 100 valence electrons. The van der Waals surface area contributed by atoms with Gasteiger partial charge in [-0.1, -0.05) is 37.6 Å². The van der Waals surface area contributed by atoms with E-state index >= 15 is 0 Å². The first kappa shape index (κ1) is 13.6. The number of hydrogen-bond donors (Lipinski definition) is 1. The summed E-state index contributed by atoms with van der Waals surface area (Å²) < 4.78 is 5.90. The maximum absolute atomic E-state index is 5.90. The van der Waals surface area contributed by atoms with E-state index in [-0.39, 0.29) is 0 Å². The largest absolute Gasteiger partial charge is 0.376 e. The molecule has 0 radical (unpaired) electrons. The second-order valence-electron chi connectivity index (χ2n) is 5.22. The SMILES string of the molecule is CCCc1ccc(C(COC2CCC2)NC)cc1. The van der Waals surface area contributed by atoms with E-state index in [0.29, 0.717) is 12.1 Å². The Kier molecular flexibility index (Phi) is 5.21. The molecule has 2 nitrogen and oxygen atoms in total. The van der Waals surface area contributed by atoms with Crippen molar-refractivity contribution >= 4 is 0 Å². The van der Waals surface area contributed by atoms with Crippen LogP contribution in [0.15, 0.2) is 24.3 Å². The van der Waals surface area contributed by atoms with Gasteiger partial charge in [0.05, 0.1) is 18.8 Å². The molecule has 2 rings (SSSR count). The minimum Gasteiger partial charge on any atom is -0.376 e. The summed E-state index contributed by atoms with van der Waals surface area (Å²) in [6.45, 7) is 3.01. The summed E-state index contributed by atoms with van der Waals surface area (Å²) in [5, 5.41) is 3.35. The molecular weight excluding hydrogens is 222 g/mol. The third kappa shape index (κ3) is 3.56. The van der Waals surface area contributed by atoms with Crippen molar-refractivity contribution in [1.82, 2.24) is 5.32 Å². The number of aryl methyl sites for hydroxylation is 1. The Morgan fingerprint density at radius 2 is 2.00 bits per heavy atom. The van der Waals surface area contributed by atoms with Crippen molar-refractivity contribution in [1.29, 1.82) is 0 Å². The molecule has 0 spiro atoms. The van der Waals surface area contributed by atoms with Crippen molar-refractivity contribution < 1.29 is 4.74 Å². The van der Waals surface area contributed by atoms with E-state index in [1.54, 1.807) is 0 Å². The lowest BCUT2D eigenvalue weighted by molar-refractivity contribution is -0.00794. The van der Waals surface area contributed by atoms with E-state index in [2.05, 4.69) is 36.5 Å². The highest BCUT2D eigenvalue weighted by atomic mass is 16.5. The molecule has 1 aliphatic carbocycles. The van der Waals surface area contributed by atoms with Crippen LogP contribution in [-0.2, 0) is 11.2 Å². The summed E-state index contributed by atoms with van der Waals surface area (Å²) in [4.78, 5) is 0. The van der Waals surface area contributed by atoms with Crippen molar-refractivity contribution in [2.24, 2.45) is 0 Å². The molecule has 2 heteroatoms. The predicted molar refractivity (Wildman–Crippen MR) is 75.8 cm³/mol. The standard InChI is InChI=1S/C16H25NO/c1-3-5-13-8-10-14(11-9-13)16(17-2)12-18-15-6-4-7-15/h8-11,15-17H,3-7,12H2,1-2H3. The average Bonchev–Trinajstić information content (AvgIpc) is 2.34. The lowest BCUT2D eigenvalue weighted by Crippen LogP contribution is -2.28. The Bertz CT molecular complexity index is 343. The number of likely N-dealkylation sites (N-methyl/N-ethyl adjacent to an activating group) is 1. The number of benzene rings is 1. The first-order chi connectivity index (χ1) is 8.83. The van der Waals surface area contributed by atoms with Crippen LogP contribution in [0.3, 0.4) is 0 Å². The summed E-state index contributed by atoms with van der Waals surface area (Å²) >= 11 is 0. The molecule has 1 saturated carbocycles. The van der Waals surface area contributed by atoms with E-state index in [0.717, 1.165) is 6.61 Å². The Balaban J connectivity index is 1.89. The van der Waals surface area contributed by atoms with Gasteiger partial charge in [0.1, 0.15) is 0 Å². The van der Waals surface area contributed by atoms with Gasteiger partial charge in [-0.15, -0.1) is 0 Å². The summed E-state index contributed by atoms with van der Waals surface area (Å²) in [7, 11) is 2.01. The molecule has 0 aliphatic heterocycles. The molecular formula is C16H25NO. The van der Waals surface area contributed by atoms with Crippen LogP contribution in [-0.4, -0.2) is 19.8 Å². The summed E-state index contributed by atoms with van der Waals surface area (Å²) in [5.41, 5.74) is 2.76. The monoisotopic (exact) mass is 247 g/mol. The van der Waals surface area contributed by atoms with E-state index in [9.17, 15) is 0 Å². The van der Waals surface area contributed by atoms with Gasteiger partial charge in [-0.2, -0.15) is 0 Å². The van der Waals surface area contributed by atoms with E-state index in [1.807, 2.05) is 7.05 Å². The zero-order valence-electron chi connectivity index (χ0n) is 11.6. The molecule has 1 aromatic rings. The van der Waals surface area contributed by atoms with Gasteiger partial charge in [0.25, 0.3) is 0 Å². The van der Waals surface area contributed by atoms with Crippen molar-refractivity contribution in [3.05, 3.63) is 35.4 Å². The van der Waals surface area contributed by atoms with Crippen LogP contribution in [0, 0.1) is 0 Å². The first-order valence-electron chi connectivity index (χ1n) is 7.21. The summed E-state index contributed by atoms with van der Waals surface area (Å²) in [6, 6.07) is 9.27. The highest BCUT2D eigenvalue weighted by Gasteiger charge is 2.19. The lowest BCUT2D eigenvalue weighted by atomic mass is 9.96. The topological polar surface area (TPSA) is 21.3 Å². The van der Waals surface area contributed by atoms with Crippen LogP contribution >= 0.6 is 0 Å². The quantitative estimate of drug-likeness (QED) is 0.796. The zero-order chi connectivity index (χ0) is 12.8. The van der Waals surface area contributed by atoms with Crippen LogP contribution < -0.4 is 5.32 Å². The summed E-state index contributed by atoms with van der Waals surface area (Å²) in [6.07, 6.45) is 6.71. The van der Waals surface area contributed by atoms with Crippen molar-refractivity contribution in [2.75, 3.05) is 13.7 Å². The molecule has 0 heterocycles. The summed E-state index contributed by atoms with van der Waals surface area (Å²) in [5.74, 6) is 0.